The number of hydrogen-bond donors (Lipinski definition) is 1. The normalized spacial score (nSPS) is 15.8. The van der Waals surface area contributed by atoms with Crippen LogP contribution < -0.4 is 10.1 Å². The first kappa shape index (κ1) is 13.4. The van der Waals surface area contributed by atoms with Gasteiger partial charge in [0.2, 0.25) is 0 Å². The van der Waals surface area contributed by atoms with Crippen LogP contribution in [0.25, 0.3) is 10.8 Å². The minimum atomic E-state index is 0.871. The third-order valence-corrected chi connectivity index (χ3v) is 4.43. The lowest BCUT2D eigenvalue weighted by Crippen LogP contribution is -2.21. The van der Waals surface area contributed by atoms with E-state index in [9.17, 15) is 0 Å². The Morgan fingerprint density at radius 2 is 1.90 bits per heavy atom. The lowest BCUT2D eigenvalue weighted by molar-refractivity contribution is 0.406. The van der Waals surface area contributed by atoms with Crippen LogP contribution in [0.15, 0.2) is 36.4 Å². The molecular weight excluding hydrogens is 246 g/mol. The smallest absolute Gasteiger partial charge is 0.123 e. The molecule has 0 atom stereocenters. The molecule has 0 saturated heterocycles. The lowest BCUT2D eigenvalue weighted by Gasteiger charge is -2.15. The summed E-state index contributed by atoms with van der Waals surface area (Å²) in [5.41, 5.74) is 1.28. The molecular formula is C18H23NO. The summed E-state index contributed by atoms with van der Waals surface area (Å²) in [7, 11) is 1.75. The van der Waals surface area contributed by atoms with Crippen molar-refractivity contribution >= 4 is 10.8 Å². The number of nitrogens with one attached hydrogen (secondary N) is 1. The van der Waals surface area contributed by atoms with E-state index in [0.717, 1.165) is 24.8 Å². The molecule has 20 heavy (non-hydrogen) atoms. The SMILES string of the molecule is COc1ccc2ccccc2c1CNCC1CCCC1. The van der Waals surface area contributed by atoms with Crippen LogP contribution in [0.4, 0.5) is 0 Å². The fourth-order valence-corrected chi connectivity index (χ4v) is 3.31. The molecule has 0 bridgehead atoms. The molecule has 0 aliphatic heterocycles. The molecule has 0 spiro atoms. The van der Waals surface area contributed by atoms with Crippen LogP contribution >= 0.6 is 0 Å². The van der Waals surface area contributed by atoms with Gasteiger partial charge in [-0.2, -0.15) is 0 Å². The zero-order valence-corrected chi connectivity index (χ0v) is 12.2. The van der Waals surface area contributed by atoms with Crippen molar-refractivity contribution in [3.8, 4) is 5.75 Å². The Morgan fingerprint density at radius 1 is 1.10 bits per heavy atom. The van der Waals surface area contributed by atoms with Crippen molar-refractivity contribution in [2.24, 2.45) is 5.92 Å². The van der Waals surface area contributed by atoms with E-state index in [-0.39, 0.29) is 0 Å². The fraction of sp³-hybridized carbons (Fsp3) is 0.444. The predicted molar refractivity (Wildman–Crippen MR) is 84.2 cm³/mol. The van der Waals surface area contributed by atoms with Crippen LogP contribution in [0.2, 0.25) is 0 Å². The highest BCUT2D eigenvalue weighted by atomic mass is 16.5. The van der Waals surface area contributed by atoms with Gasteiger partial charge in [0.05, 0.1) is 7.11 Å². The summed E-state index contributed by atoms with van der Waals surface area (Å²) in [6, 6.07) is 12.7. The third kappa shape index (κ3) is 2.80. The van der Waals surface area contributed by atoms with Crippen LogP contribution in [0, 0.1) is 5.92 Å². The number of rotatable bonds is 5. The molecule has 2 heteroatoms. The highest BCUT2D eigenvalue weighted by Gasteiger charge is 2.15. The Balaban J connectivity index is 1.77. The number of hydrogen-bond acceptors (Lipinski definition) is 2. The van der Waals surface area contributed by atoms with Crippen LogP contribution in [0.3, 0.4) is 0 Å². The molecule has 106 valence electrons. The van der Waals surface area contributed by atoms with Crippen molar-refractivity contribution in [3.63, 3.8) is 0 Å². The third-order valence-electron chi connectivity index (χ3n) is 4.43. The molecule has 0 heterocycles. The summed E-state index contributed by atoms with van der Waals surface area (Å²) in [5.74, 6) is 1.86. The van der Waals surface area contributed by atoms with Gasteiger partial charge in [-0.3, -0.25) is 0 Å². The van der Waals surface area contributed by atoms with Gasteiger partial charge in [-0.15, -0.1) is 0 Å². The molecule has 2 nitrogen and oxygen atoms in total. The van der Waals surface area contributed by atoms with Gasteiger partial charge < -0.3 is 10.1 Å². The Kier molecular flexibility index (Phi) is 4.22. The van der Waals surface area contributed by atoms with Crippen LogP contribution in [0.1, 0.15) is 31.2 Å². The summed E-state index contributed by atoms with van der Waals surface area (Å²) in [5, 5.41) is 6.21. The zero-order chi connectivity index (χ0) is 13.8. The lowest BCUT2D eigenvalue weighted by atomic mass is 10.0. The first-order chi connectivity index (χ1) is 9.88. The van der Waals surface area contributed by atoms with Crippen molar-refractivity contribution in [1.82, 2.24) is 5.32 Å². The van der Waals surface area contributed by atoms with E-state index in [1.54, 1.807) is 7.11 Å². The van der Waals surface area contributed by atoms with E-state index >= 15 is 0 Å². The van der Waals surface area contributed by atoms with Gasteiger partial charge in [0.25, 0.3) is 0 Å². The highest BCUT2D eigenvalue weighted by molar-refractivity contribution is 5.87. The molecule has 2 aromatic rings. The topological polar surface area (TPSA) is 21.3 Å². The fourth-order valence-electron chi connectivity index (χ4n) is 3.31. The van der Waals surface area contributed by atoms with E-state index in [0.29, 0.717) is 0 Å². The van der Waals surface area contributed by atoms with E-state index in [2.05, 4.69) is 41.7 Å². The summed E-state index contributed by atoms with van der Waals surface area (Å²) in [6.07, 6.45) is 5.59. The molecule has 0 amide bonds. The molecule has 1 fully saturated rings. The van der Waals surface area contributed by atoms with Gasteiger partial charge in [0.1, 0.15) is 5.75 Å². The van der Waals surface area contributed by atoms with Gasteiger partial charge in [-0.05, 0) is 42.1 Å². The molecule has 1 N–H and O–H groups in total. The molecule has 1 aliphatic carbocycles. The second kappa shape index (κ2) is 6.27. The van der Waals surface area contributed by atoms with Gasteiger partial charge in [-0.1, -0.05) is 43.2 Å². The van der Waals surface area contributed by atoms with E-state index in [1.165, 1.54) is 42.0 Å². The average Bonchev–Trinajstić information content (AvgIpc) is 3.00. The van der Waals surface area contributed by atoms with Crippen LogP contribution in [-0.2, 0) is 6.54 Å². The molecule has 1 aliphatic rings. The number of methoxy groups -OCH3 is 1. The Labute approximate surface area is 121 Å². The molecule has 0 radical (unpaired) electrons. The monoisotopic (exact) mass is 269 g/mol. The van der Waals surface area contributed by atoms with Gasteiger partial charge in [-0.25, -0.2) is 0 Å². The van der Waals surface area contributed by atoms with Crippen LogP contribution in [-0.4, -0.2) is 13.7 Å². The summed E-state index contributed by atoms with van der Waals surface area (Å²) in [4.78, 5) is 0. The average molecular weight is 269 g/mol. The molecule has 2 aromatic carbocycles. The van der Waals surface area contributed by atoms with Crippen molar-refractivity contribution < 1.29 is 4.74 Å². The number of ether oxygens (including phenoxy) is 1. The minimum absolute atomic E-state index is 0.871. The standard InChI is InChI=1S/C18H23NO/c1-20-18-11-10-15-8-4-5-9-16(15)17(18)13-19-12-14-6-2-3-7-14/h4-5,8-11,14,19H,2-3,6-7,12-13H2,1H3. The summed E-state index contributed by atoms with van der Waals surface area (Å²) >= 11 is 0. The summed E-state index contributed by atoms with van der Waals surface area (Å²) < 4.78 is 5.54. The number of benzene rings is 2. The second-order valence-corrected chi connectivity index (χ2v) is 5.75. The van der Waals surface area contributed by atoms with Crippen molar-refractivity contribution in [1.29, 1.82) is 0 Å². The Morgan fingerprint density at radius 3 is 2.70 bits per heavy atom. The van der Waals surface area contributed by atoms with Gasteiger partial charge in [0.15, 0.2) is 0 Å². The van der Waals surface area contributed by atoms with E-state index < -0.39 is 0 Å². The second-order valence-electron chi connectivity index (χ2n) is 5.75. The van der Waals surface area contributed by atoms with Crippen LogP contribution in [0.5, 0.6) is 5.75 Å². The highest BCUT2D eigenvalue weighted by Crippen LogP contribution is 2.28. The van der Waals surface area contributed by atoms with Crippen molar-refractivity contribution in [2.45, 2.75) is 32.2 Å². The molecule has 0 unspecified atom stereocenters. The van der Waals surface area contributed by atoms with Crippen molar-refractivity contribution in [2.75, 3.05) is 13.7 Å². The first-order valence-corrected chi connectivity index (χ1v) is 7.64. The summed E-state index contributed by atoms with van der Waals surface area (Å²) in [6.45, 7) is 2.02. The maximum absolute atomic E-state index is 5.54. The molecule has 1 saturated carbocycles. The molecule has 0 aromatic heterocycles. The van der Waals surface area contributed by atoms with Crippen molar-refractivity contribution in [3.05, 3.63) is 42.0 Å². The molecule has 3 rings (SSSR count). The van der Waals surface area contributed by atoms with Gasteiger partial charge >= 0.3 is 0 Å². The maximum Gasteiger partial charge on any atom is 0.123 e. The zero-order valence-electron chi connectivity index (χ0n) is 12.2. The quantitative estimate of drug-likeness (QED) is 0.881. The maximum atomic E-state index is 5.54. The number of fused-ring (bicyclic) bond motifs is 1. The van der Waals surface area contributed by atoms with Gasteiger partial charge in [0, 0.05) is 12.1 Å². The minimum Gasteiger partial charge on any atom is -0.496 e. The Hall–Kier alpha value is -1.54. The first-order valence-electron chi connectivity index (χ1n) is 7.64. The largest absolute Gasteiger partial charge is 0.496 e. The van der Waals surface area contributed by atoms with E-state index in [1.807, 2.05) is 0 Å². The predicted octanol–water partition coefficient (Wildman–Crippen LogP) is 4.13. The Bertz CT molecular complexity index is 573. The van der Waals surface area contributed by atoms with E-state index in [4.69, 9.17) is 4.74 Å².